The van der Waals surface area contributed by atoms with Crippen LogP contribution >= 0.6 is 0 Å². The van der Waals surface area contributed by atoms with Crippen molar-refractivity contribution >= 4 is 11.8 Å². The number of rotatable bonds is 6. The first-order chi connectivity index (χ1) is 11.3. The Bertz CT molecular complexity index is 812. The van der Waals surface area contributed by atoms with Crippen LogP contribution in [0.25, 0.3) is 16.6 Å². The predicted octanol–water partition coefficient (Wildman–Crippen LogP) is 5.32. The Hall–Kier alpha value is -2.35. The molecule has 0 bridgehead atoms. The molecule has 0 saturated carbocycles. The highest BCUT2D eigenvalue weighted by molar-refractivity contribution is 5.89. The molecule has 0 fully saturated rings. The second-order valence-corrected chi connectivity index (χ2v) is 6.05. The van der Waals surface area contributed by atoms with E-state index in [1.54, 1.807) is 0 Å². The molecule has 0 saturated heterocycles. The molecule has 0 aliphatic rings. The second kappa shape index (κ2) is 6.82. The van der Waals surface area contributed by atoms with Gasteiger partial charge < -0.3 is 4.40 Å². The summed E-state index contributed by atoms with van der Waals surface area (Å²) in [6.07, 6.45) is 7.55. The van der Waals surface area contributed by atoms with Gasteiger partial charge >= 0.3 is 0 Å². The Morgan fingerprint density at radius 3 is 2.39 bits per heavy atom. The molecule has 3 rings (SSSR count). The van der Waals surface area contributed by atoms with Gasteiger partial charge in [-0.3, -0.25) is 4.79 Å². The van der Waals surface area contributed by atoms with E-state index in [0.29, 0.717) is 0 Å². The van der Waals surface area contributed by atoms with Crippen LogP contribution in [-0.4, -0.2) is 10.7 Å². The molecular weight excluding hydrogens is 282 g/mol. The molecule has 2 heteroatoms. The first kappa shape index (κ1) is 15.5. The van der Waals surface area contributed by atoms with E-state index in [0.717, 1.165) is 41.5 Å². The van der Waals surface area contributed by atoms with E-state index >= 15 is 0 Å². The maximum absolute atomic E-state index is 11.7. The van der Waals surface area contributed by atoms with Crippen LogP contribution < -0.4 is 0 Å². The summed E-state index contributed by atoms with van der Waals surface area (Å²) in [5, 5.41) is 0. The molecule has 0 N–H and O–H groups in total. The van der Waals surface area contributed by atoms with Gasteiger partial charge in [-0.1, -0.05) is 50.6 Å². The SMILES string of the molecule is CCCCc1ccc(-c2cc3ccc(CC)cn3c2C=O)cc1. The van der Waals surface area contributed by atoms with Crippen molar-refractivity contribution in [1.29, 1.82) is 0 Å². The predicted molar refractivity (Wildman–Crippen MR) is 96.2 cm³/mol. The number of hydrogen-bond acceptors (Lipinski definition) is 1. The fourth-order valence-electron chi connectivity index (χ4n) is 3.03. The zero-order valence-corrected chi connectivity index (χ0v) is 13.9. The van der Waals surface area contributed by atoms with Crippen molar-refractivity contribution in [3.63, 3.8) is 0 Å². The van der Waals surface area contributed by atoms with Gasteiger partial charge in [-0.2, -0.15) is 0 Å². The van der Waals surface area contributed by atoms with E-state index in [1.807, 2.05) is 4.40 Å². The molecule has 0 unspecified atom stereocenters. The molecule has 118 valence electrons. The van der Waals surface area contributed by atoms with Gasteiger partial charge in [-0.15, -0.1) is 0 Å². The first-order valence-electron chi connectivity index (χ1n) is 8.45. The van der Waals surface area contributed by atoms with Crippen LogP contribution in [0.3, 0.4) is 0 Å². The molecule has 0 aliphatic carbocycles. The van der Waals surface area contributed by atoms with Crippen molar-refractivity contribution in [2.24, 2.45) is 0 Å². The summed E-state index contributed by atoms with van der Waals surface area (Å²) in [6, 6.07) is 14.9. The molecule has 23 heavy (non-hydrogen) atoms. The van der Waals surface area contributed by atoms with Gasteiger partial charge in [0.2, 0.25) is 0 Å². The number of hydrogen-bond donors (Lipinski definition) is 0. The van der Waals surface area contributed by atoms with Crippen molar-refractivity contribution < 1.29 is 4.79 Å². The Kier molecular flexibility index (Phi) is 4.61. The van der Waals surface area contributed by atoms with Gasteiger partial charge in [-0.05, 0) is 48.1 Å². The third kappa shape index (κ3) is 3.07. The van der Waals surface area contributed by atoms with Crippen molar-refractivity contribution in [2.45, 2.75) is 39.5 Å². The molecule has 2 aromatic heterocycles. The molecule has 0 atom stereocenters. The summed E-state index contributed by atoms with van der Waals surface area (Å²) in [4.78, 5) is 11.7. The van der Waals surface area contributed by atoms with Gasteiger partial charge in [0.05, 0.1) is 5.69 Å². The fourth-order valence-corrected chi connectivity index (χ4v) is 3.03. The van der Waals surface area contributed by atoms with E-state index in [1.165, 1.54) is 24.0 Å². The standard InChI is InChI=1S/C21H23NO/c1-3-5-6-17-7-10-18(11-8-17)20-13-19-12-9-16(4-2)14-22(19)21(20)15-23/h7-15H,3-6H2,1-2H3. The largest absolute Gasteiger partial charge is 0.313 e. The molecule has 2 nitrogen and oxygen atoms in total. The summed E-state index contributed by atoms with van der Waals surface area (Å²) in [5.74, 6) is 0. The molecule has 0 radical (unpaired) electrons. The normalized spacial score (nSPS) is 11.0. The number of carbonyl (C=O) groups is 1. The van der Waals surface area contributed by atoms with Gasteiger partial charge in [0.25, 0.3) is 0 Å². The number of fused-ring (bicyclic) bond motifs is 1. The quantitative estimate of drug-likeness (QED) is 0.564. The maximum Gasteiger partial charge on any atom is 0.167 e. The summed E-state index contributed by atoms with van der Waals surface area (Å²) < 4.78 is 2.01. The number of unbranched alkanes of at least 4 members (excludes halogenated alkanes) is 1. The third-order valence-corrected chi connectivity index (χ3v) is 4.47. The van der Waals surface area contributed by atoms with Crippen molar-refractivity contribution in [3.05, 3.63) is 65.5 Å². The Morgan fingerprint density at radius 2 is 1.74 bits per heavy atom. The minimum Gasteiger partial charge on any atom is -0.313 e. The Labute approximate surface area is 137 Å². The van der Waals surface area contributed by atoms with Crippen LogP contribution in [0.4, 0.5) is 0 Å². The fraction of sp³-hybridized carbons (Fsp3) is 0.286. The van der Waals surface area contributed by atoms with Crippen LogP contribution in [-0.2, 0) is 12.8 Å². The van der Waals surface area contributed by atoms with Crippen molar-refractivity contribution in [2.75, 3.05) is 0 Å². The molecule has 0 spiro atoms. The zero-order chi connectivity index (χ0) is 16.2. The van der Waals surface area contributed by atoms with Gasteiger partial charge in [0.1, 0.15) is 0 Å². The van der Waals surface area contributed by atoms with E-state index in [-0.39, 0.29) is 0 Å². The minimum absolute atomic E-state index is 0.733. The number of pyridine rings is 1. The molecule has 2 heterocycles. The number of aryl methyl sites for hydroxylation is 2. The van der Waals surface area contributed by atoms with Crippen LogP contribution in [0.5, 0.6) is 0 Å². The summed E-state index contributed by atoms with van der Waals surface area (Å²) in [6.45, 7) is 4.34. The highest BCUT2D eigenvalue weighted by Crippen LogP contribution is 2.28. The zero-order valence-electron chi connectivity index (χ0n) is 13.9. The van der Waals surface area contributed by atoms with Gasteiger partial charge in [0, 0.05) is 17.3 Å². The lowest BCUT2D eigenvalue weighted by Gasteiger charge is -2.04. The van der Waals surface area contributed by atoms with E-state index in [4.69, 9.17) is 0 Å². The Balaban J connectivity index is 2.03. The third-order valence-electron chi connectivity index (χ3n) is 4.47. The highest BCUT2D eigenvalue weighted by atomic mass is 16.1. The number of carbonyl (C=O) groups excluding carboxylic acids is 1. The summed E-state index contributed by atoms with van der Waals surface area (Å²) in [5.41, 5.74) is 6.51. The number of aromatic nitrogens is 1. The number of aldehydes is 1. The second-order valence-electron chi connectivity index (χ2n) is 6.05. The molecular formula is C21H23NO. The lowest BCUT2D eigenvalue weighted by molar-refractivity contribution is 0.111. The number of benzene rings is 1. The maximum atomic E-state index is 11.7. The monoisotopic (exact) mass is 305 g/mol. The summed E-state index contributed by atoms with van der Waals surface area (Å²) >= 11 is 0. The average Bonchev–Trinajstić information content (AvgIpc) is 2.97. The summed E-state index contributed by atoms with van der Waals surface area (Å²) in [7, 11) is 0. The van der Waals surface area contributed by atoms with Gasteiger partial charge in [0.15, 0.2) is 6.29 Å². The lowest BCUT2D eigenvalue weighted by atomic mass is 10.0. The highest BCUT2D eigenvalue weighted by Gasteiger charge is 2.11. The molecule has 0 amide bonds. The van der Waals surface area contributed by atoms with Gasteiger partial charge in [-0.25, -0.2) is 0 Å². The van der Waals surface area contributed by atoms with Crippen molar-refractivity contribution in [3.8, 4) is 11.1 Å². The molecule has 3 aromatic rings. The molecule has 0 aliphatic heterocycles. The van der Waals surface area contributed by atoms with E-state index < -0.39 is 0 Å². The topological polar surface area (TPSA) is 21.5 Å². The minimum atomic E-state index is 0.733. The first-order valence-corrected chi connectivity index (χ1v) is 8.45. The molecule has 1 aromatic carbocycles. The van der Waals surface area contributed by atoms with Crippen LogP contribution in [0.1, 0.15) is 48.3 Å². The van der Waals surface area contributed by atoms with Crippen LogP contribution in [0, 0.1) is 0 Å². The van der Waals surface area contributed by atoms with E-state index in [9.17, 15) is 4.79 Å². The van der Waals surface area contributed by atoms with Crippen LogP contribution in [0.15, 0.2) is 48.7 Å². The Morgan fingerprint density at radius 1 is 1.00 bits per heavy atom. The van der Waals surface area contributed by atoms with Crippen molar-refractivity contribution in [1.82, 2.24) is 4.40 Å². The van der Waals surface area contributed by atoms with Crippen LogP contribution in [0.2, 0.25) is 0 Å². The smallest absolute Gasteiger partial charge is 0.167 e. The lowest BCUT2D eigenvalue weighted by Crippen LogP contribution is -1.94. The van der Waals surface area contributed by atoms with E-state index in [2.05, 4.69) is 62.5 Å². The average molecular weight is 305 g/mol. The number of nitrogens with zero attached hydrogens (tertiary/aromatic N) is 1.